The molecule has 1 rings (SSSR count). The van der Waals surface area contributed by atoms with Gasteiger partial charge in [0.2, 0.25) is 0 Å². The Bertz CT molecular complexity index is 358. The van der Waals surface area contributed by atoms with Crippen LogP contribution in [-0.2, 0) is 4.74 Å². The van der Waals surface area contributed by atoms with E-state index in [0.29, 0.717) is 24.7 Å². The highest BCUT2D eigenvalue weighted by Gasteiger charge is 2.07. The number of ether oxygens (including phenoxy) is 2. The summed E-state index contributed by atoms with van der Waals surface area (Å²) in [5.74, 6) is 0.675. The van der Waals surface area contributed by atoms with Gasteiger partial charge in [0.1, 0.15) is 5.75 Å². The molecule has 0 fully saturated rings. The lowest BCUT2D eigenvalue weighted by molar-refractivity contribution is 0.167. The van der Waals surface area contributed by atoms with Gasteiger partial charge in [-0.2, -0.15) is 0 Å². The van der Waals surface area contributed by atoms with Crippen molar-refractivity contribution in [3.8, 4) is 5.75 Å². The van der Waals surface area contributed by atoms with E-state index in [9.17, 15) is 4.79 Å². The Balaban J connectivity index is 0.00000289. The number of amides is 1. The first kappa shape index (κ1) is 16.6. The summed E-state index contributed by atoms with van der Waals surface area (Å²) in [5.41, 5.74) is 0.641. The summed E-state index contributed by atoms with van der Waals surface area (Å²) in [6.07, 6.45) is 1.61. The molecule has 1 N–H and O–H groups in total. The van der Waals surface area contributed by atoms with E-state index >= 15 is 0 Å². The van der Waals surface area contributed by atoms with Crippen LogP contribution < -0.4 is 10.1 Å². The molecule has 0 aliphatic rings. The molecular weight excluding hydrogens is 254 g/mol. The molecule has 0 aromatic heterocycles. The minimum Gasteiger partial charge on any atom is -0.491 e. The predicted octanol–water partition coefficient (Wildman–Crippen LogP) is 3.86. The van der Waals surface area contributed by atoms with Gasteiger partial charge >= 0.3 is 6.09 Å². The second-order valence-corrected chi connectivity index (χ2v) is 3.54. The van der Waals surface area contributed by atoms with E-state index in [1.807, 2.05) is 18.2 Å². The van der Waals surface area contributed by atoms with Crippen LogP contribution in [0.5, 0.6) is 5.75 Å². The second-order valence-electron chi connectivity index (χ2n) is 3.54. The SMILES string of the molecule is CCCCOc1ccccc1NC(=O)OCC.Cl. The highest BCUT2D eigenvalue weighted by atomic mass is 35.5. The molecule has 4 nitrogen and oxygen atoms in total. The third-order valence-electron chi connectivity index (χ3n) is 2.15. The van der Waals surface area contributed by atoms with Crippen LogP contribution in [0, 0.1) is 0 Å². The summed E-state index contributed by atoms with van der Waals surface area (Å²) in [6, 6.07) is 7.33. The number of rotatable bonds is 6. The zero-order chi connectivity index (χ0) is 12.5. The Kier molecular flexibility index (Phi) is 8.84. The topological polar surface area (TPSA) is 47.6 Å². The van der Waals surface area contributed by atoms with Crippen LogP contribution in [0.3, 0.4) is 0 Å². The Morgan fingerprint density at radius 1 is 1.28 bits per heavy atom. The molecule has 1 amide bonds. The molecule has 102 valence electrons. The number of hydrogen-bond donors (Lipinski definition) is 1. The lowest BCUT2D eigenvalue weighted by Gasteiger charge is -2.11. The van der Waals surface area contributed by atoms with Crippen LogP contribution >= 0.6 is 12.4 Å². The molecule has 0 saturated heterocycles. The van der Waals surface area contributed by atoms with E-state index in [-0.39, 0.29) is 12.4 Å². The van der Waals surface area contributed by atoms with E-state index in [0.717, 1.165) is 12.8 Å². The molecule has 0 radical (unpaired) electrons. The van der Waals surface area contributed by atoms with Crippen LogP contribution in [0.25, 0.3) is 0 Å². The molecule has 0 atom stereocenters. The molecule has 5 heteroatoms. The summed E-state index contributed by atoms with van der Waals surface area (Å²) in [7, 11) is 0. The maximum Gasteiger partial charge on any atom is 0.411 e. The van der Waals surface area contributed by atoms with Crippen molar-refractivity contribution in [1.29, 1.82) is 0 Å². The van der Waals surface area contributed by atoms with Gasteiger partial charge in [-0.05, 0) is 25.5 Å². The Morgan fingerprint density at radius 2 is 2.00 bits per heavy atom. The molecule has 0 bridgehead atoms. The lowest BCUT2D eigenvalue weighted by atomic mass is 10.3. The maximum absolute atomic E-state index is 11.3. The molecule has 1 aromatic rings. The van der Waals surface area contributed by atoms with E-state index in [1.54, 1.807) is 13.0 Å². The fourth-order valence-corrected chi connectivity index (χ4v) is 1.30. The van der Waals surface area contributed by atoms with Crippen molar-refractivity contribution in [3.63, 3.8) is 0 Å². The van der Waals surface area contributed by atoms with Gasteiger partial charge in [-0.25, -0.2) is 4.79 Å². The summed E-state index contributed by atoms with van der Waals surface area (Å²) < 4.78 is 10.4. The largest absolute Gasteiger partial charge is 0.491 e. The first-order chi connectivity index (χ1) is 8.27. The number of para-hydroxylation sites is 2. The highest BCUT2D eigenvalue weighted by Crippen LogP contribution is 2.24. The van der Waals surface area contributed by atoms with E-state index in [1.165, 1.54) is 0 Å². The summed E-state index contributed by atoms with van der Waals surface area (Å²) in [5, 5.41) is 2.65. The van der Waals surface area contributed by atoms with E-state index < -0.39 is 6.09 Å². The first-order valence-corrected chi connectivity index (χ1v) is 5.93. The molecule has 0 spiro atoms. The zero-order valence-corrected chi connectivity index (χ0v) is 11.6. The van der Waals surface area contributed by atoms with Gasteiger partial charge in [0.15, 0.2) is 0 Å². The van der Waals surface area contributed by atoms with Crippen molar-refractivity contribution in [2.75, 3.05) is 18.5 Å². The number of carbonyl (C=O) groups excluding carboxylic acids is 1. The summed E-state index contributed by atoms with van der Waals surface area (Å²) in [4.78, 5) is 11.3. The van der Waals surface area contributed by atoms with Gasteiger partial charge in [-0.15, -0.1) is 12.4 Å². The molecule has 0 aliphatic carbocycles. The number of hydrogen-bond acceptors (Lipinski definition) is 3. The maximum atomic E-state index is 11.3. The van der Waals surface area contributed by atoms with Gasteiger partial charge in [0.25, 0.3) is 0 Å². The second kappa shape index (κ2) is 9.59. The predicted molar refractivity (Wildman–Crippen MR) is 74.7 cm³/mol. The molecule has 0 heterocycles. The van der Waals surface area contributed by atoms with Crippen molar-refractivity contribution < 1.29 is 14.3 Å². The third kappa shape index (κ3) is 5.77. The molecule has 0 aliphatic heterocycles. The van der Waals surface area contributed by atoms with Crippen LogP contribution in [0.15, 0.2) is 24.3 Å². The van der Waals surface area contributed by atoms with Gasteiger partial charge in [-0.3, -0.25) is 5.32 Å². The number of unbranched alkanes of at least 4 members (excludes halogenated alkanes) is 1. The number of nitrogens with one attached hydrogen (secondary N) is 1. The van der Waals surface area contributed by atoms with Crippen LogP contribution in [0.4, 0.5) is 10.5 Å². The molecule has 18 heavy (non-hydrogen) atoms. The minimum atomic E-state index is -0.459. The zero-order valence-electron chi connectivity index (χ0n) is 10.8. The van der Waals surface area contributed by atoms with Crippen LogP contribution in [-0.4, -0.2) is 19.3 Å². The van der Waals surface area contributed by atoms with Gasteiger partial charge < -0.3 is 9.47 Å². The van der Waals surface area contributed by atoms with Gasteiger partial charge in [0, 0.05) is 0 Å². The average Bonchev–Trinajstić information content (AvgIpc) is 2.32. The van der Waals surface area contributed by atoms with E-state index in [2.05, 4.69) is 12.2 Å². The van der Waals surface area contributed by atoms with Crippen LogP contribution in [0.2, 0.25) is 0 Å². The number of anilines is 1. The normalized spacial score (nSPS) is 9.22. The molecule has 0 unspecified atom stereocenters. The van der Waals surface area contributed by atoms with Gasteiger partial charge in [-0.1, -0.05) is 25.5 Å². The summed E-state index contributed by atoms with van der Waals surface area (Å²) in [6.45, 7) is 4.87. The molecular formula is C13H20ClNO3. The summed E-state index contributed by atoms with van der Waals surface area (Å²) >= 11 is 0. The standard InChI is InChI=1S/C13H19NO3.ClH/c1-3-5-10-17-12-9-7-6-8-11(12)14-13(15)16-4-2;/h6-9H,3-5,10H2,1-2H3,(H,14,15);1H. The average molecular weight is 274 g/mol. The smallest absolute Gasteiger partial charge is 0.411 e. The Morgan fingerprint density at radius 3 is 2.67 bits per heavy atom. The van der Waals surface area contributed by atoms with E-state index in [4.69, 9.17) is 9.47 Å². The molecule has 0 saturated carbocycles. The third-order valence-corrected chi connectivity index (χ3v) is 2.15. The quantitative estimate of drug-likeness (QED) is 0.801. The lowest BCUT2D eigenvalue weighted by Crippen LogP contribution is -2.14. The molecule has 1 aromatic carbocycles. The minimum absolute atomic E-state index is 0. The van der Waals surface area contributed by atoms with Crippen molar-refractivity contribution in [1.82, 2.24) is 0 Å². The fourth-order valence-electron chi connectivity index (χ4n) is 1.30. The van der Waals surface area contributed by atoms with Gasteiger partial charge in [0.05, 0.1) is 18.9 Å². The fraction of sp³-hybridized carbons (Fsp3) is 0.462. The first-order valence-electron chi connectivity index (χ1n) is 5.93. The number of benzene rings is 1. The van der Waals surface area contributed by atoms with Crippen molar-refractivity contribution in [2.45, 2.75) is 26.7 Å². The number of halogens is 1. The Hall–Kier alpha value is -1.42. The van der Waals surface area contributed by atoms with Crippen molar-refractivity contribution >= 4 is 24.2 Å². The Labute approximate surface area is 114 Å². The monoisotopic (exact) mass is 273 g/mol. The van der Waals surface area contributed by atoms with Crippen molar-refractivity contribution in [3.05, 3.63) is 24.3 Å². The van der Waals surface area contributed by atoms with Crippen LogP contribution in [0.1, 0.15) is 26.7 Å². The highest BCUT2D eigenvalue weighted by molar-refractivity contribution is 5.86. The van der Waals surface area contributed by atoms with Crippen molar-refractivity contribution in [2.24, 2.45) is 0 Å². The number of carbonyl (C=O) groups is 1.